The molecule has 0 saturated heterocycles. The molecule has 164 valence electrons. The van der Waals surface area contributed by atoms with E-state index in [9.17, 15) is 0 Å². The van der Waals surface area contributed by atoms with E-state index in [0.29, 0.717) is 11.4 Å². The van der Waals surface area contributed by atoms with Gasteiger partial charge in [-0.25, -0.2) is 9.97 Å². The molecular formula is C32H26N2. The molecule has 1 aromatic carbocycles. The standard InChI is InChI=1S/C32H26N2/c1-3-5-7-9-15-27-25-29(19-21-31-17-11-13-23-33-31)30(20-22-32-18-12-14-24-34-32)26-28(27)16-10-8-6-4-2/h11-14,17-18,23-26H,1-8H2. The maximum absolute atomic E-state index is 4.30. The fourth-order valence-electron chi connectivity index (χ4n) is 2.89. The predicted octanol–water partition coefficient (Wildman–Crippen LogP) is 5.99. The van der Waals surface area contributed by atoms with Gasteiger partial charge in [-0.15, -0.1) is 0 Å². The van der Waals surface area contributed by atoms with Crippen LogP contribution in [0.1, 0.15) is 72.2 Å². The predicted molar refractivity (Wildman–Crippen MR) is 139 cm³/mol. The summed E-state index contributed by atoms with van der Waals surface area (Å²) in [7, 11) is 0. The van der Waals surface area contributed by atoms with Crippen LogP contribution in [0.2, 0.25) is 0 Å². The summed E-state index contributed by atoms with van der Waals surface area (Å²) in [5.74, 6) is 25.8. The minimum atomic E-state index is 0.700. The van der Waals surface area contributed by atoms with Crippen molar-refractivity contribution in [2.45, 2.75) is 38.5 Å². The Kier molecular flexibility index (Phi) is 10.1. The Balaban J connectivity index is 2.10. The van der Waals surface area contributed by atoms with Gasteiger partial charge in [-0.3, -0.25) is 0 Å². The molecule has 0 saturated carbocycles. The minimum absolute atomic E-state index is 0.700. The summed E-state index contributed by atoms with van der Waals surface area (Å²) in [4.78, 5) is 8.61. The third-order valence-corrected chi connectivity index (χ3v) is 4.69. The van der Waals surface area contributed by atoms with Crippen LogP contribution in [0, 0.1) is 61.2 Å². The van der Waals surface area contributed by atoms with Crippen molar-refractivity contribution < 1.29 is 0 Å². The summed E-state index contributed by atoms with van der Waals surface area (Å²) in [5.41, 5.74) is 4.70. The van der Waals surface area contributed by atoms with Crippen molar-refractivity contribution >= 4 is 0 Å². The van der Waals surface area contributed by atoms with Crippen molar-refractivity contribution in [1.82, 2.24) is 9.97 Å². The van der Waals surface area contributed by atoms with E-state index in [1.165, 1.54) is 0 Å². The molecule has 0 bridgehead atoms. The van der Waals surface area contributed by atoms with E-state index in [1.54, 1.807) is 12.4 Å². The Morgan fingerprint density at radius 1 is 0.559 bits per heavy atom. The highest BCUT2D eigenvalue weighted by Gasteiger charge is 2.06. The first-order chi connectivity index (χ1) is 16.8. The molecule has 0 spiro atoms. The first kappa shape index (κ1) is 24.4. The van der Waals surface area contributed by atoms with Crippen LogP contribution in [0.3, 0.4) is 0 Å². The van der Waals surface area contributed by atoms with Gasteiger partial charge in [0.05, 0.1) is 0 Å². The zero-order valence-corrected chi connectivity index (χ0v) is 19.3. The molecule has 0 unspecified atom stereocenters. The number of benzene rings is 1. The van der Waals surface area contributed by atoms with Gasteiger partial charge < -0.3 is 0 Å². The molecule has 2 heteroatoms. The average Bonchev–Trinajstić information content (AvgIpc) is 2.88. The minimum Gasteiger partial charge on any atom is -0.248 e. The van der Waals surface area contributed by atoms with E-state index in [4.69, 9.17) is 0 Å². The van der Waals surface area contributed by atoms with E-state index >= 15 is 0 Å². The van der Waals surface area contributed by atoms with Gasteiger partial charge in [-0.2, -0.15) is 0 Å². The Morgan fingerprint density at radius 3 is 1.38 bits per heavy atom. The van der Waals surface area contributed by atoms with Gasteiger partial charge in [0, 0.05) is 47.5 Å². The van der Waals surface area contributed by atoms with E-state index in [2.05, 4.69) is 71.2 Å². The Labute approximate surface area is 204 Å². The lowest BCUT2D eigenvalue weighted by Crippen LogP contribution is -1.93. The zero-order chi connectivity index (χ0) is 23.8. The summed E-state index contributed by atoms with van der Waals surface area (Å²) in [6, 6.07) is 15.3. The summed E-state index contributed by atoms with van der Waals surface area (Å²) in [6.45, 7) is 7.78. The molecule has 2 heterocycles. The summed E-state index contributed by atoms with van der Waals surface area (Å²) in [6.07, 6.45) is 8.74. The van der Waals surface area contributed by atoms with E-state index in [1.807, 2.05) is 48.5 Å². The van der Waals surface area contributed by atoms with Crippen LogP contribution in [0.25, 0.3) is 0 Å². The van der Waals surface area contributed by atoms with Crippen molar-refractivity contribution in [2.75, 3.05) is 0 Å². The maximum Gasteiger partial charge on any atom is 0.113 e. The van der Waals surface area contributed by atoms with Crippen molar-refractivity contribution in [2.24, 2.45) is 0 Å². The molecular weight excluding hydrogens is 412 g/mol. The highest BCUT2D eigenvalue weighted by molar-refractivity contribution is 5.62. The fourth-order valence-corrected chi connectivity index (χ4v) is 2.89. The molecule has 3 rings (SSSR count). The topological polar surface area (TPSA) is 25.8 Å². The van der Waals surface area contributed by atoms with Crippen LogP contribution in [-0.4, -0.2) is 9.97 Å². The van der Waals surface area contributed by atoms with Gasteiger partial charge in [0.25, 0.3) is 0 Å². The van der Waals surface area contributed by atoms with Gasteiger partial charge in [0.1, 0.15) is 11.4 Å². The van der Waals surface area contributed by atoms with E-state index in [0.717, 1.165) is 60.8 Å². The largest absolute Gasteiger partial charge is 0.248 e. The molecule has 0 fully saturated rings. The first-order valence-electron chi connectivity index (χ1n) is 11.4. The monoisotopic (exact) mass is 438 g/mol. The average molecular weight is 439 g/mol. The van der Waals surface area contributed by atoms with Crippen LogP contribution >= 0.6 is 0 Å². The lowest BCUT2D eigenvalue weighted by molar-refractivity contribution is 0.883. The molecule has 0 aliphatic rings. The Hall–Kier alpha value is -4.24. The van der Waals surface area contributed by atoms with Crippen molar-refractivity contribution in [3.63, 3.8) is 0 Å². The third kappa shape index (κ3) is 8.03. The van der Waals surface area contributed by atoms with Gasteiger partial charge in [0.2, 0.25) is 0 Å². The van der Waals surface area contributed by atoms with Crippen LogP contribution in [0.4, 0.5) is 0 Å². The van der Waals surface area contributed by atoms with E-state index in [-0.39, 0.29) is 0 Å². The quantitative estimate of drug-likeness (QED) is 0.369. The summed E-state index contributed by atoms with van der Waals surface area (Å²) in [5, 5.41) is 0. The summed E-state index contributed by atoms with van der Waals surface area (Å²) >= 11 is 0. The summed E-state index contributed by atoms with van der Waals surface area (Å²) < 4.78 is 0. The van der Waals surface area contributed by atoms with E-state index < -0.39 is 0 Å². The number of pyridine rings is 2. The number of hydrogen-bond donors (Lipinski definition) is 0. The highest BCUT2D eigenvalue weighted by Crippen LogP contribution is 2.16. The molecule has 3 aromatic rings. The van der Waals surface area contributed by atoms with Gasteiger partial charge in [0.15, 0.2) is 0 Å². The molecule has 0 atom stereocenters. The smallest absolute Gasteiger partial charge is 0.113 e. The van der Waals surface area contributed by atoms with Crippen molar-refractivity contribution in [1.29, 1.82) is 0 Å². The van der Waals surface area contributed by atoms with Gasteiger partial charge in [-0.1, -0.05) is 74.3 Å². The molecule has 2 aromatic heterocycles. The maximum atomic E-state index is 4.30. The molecule has 0 aliphatic carbocycles. The van der Waals surface area contributed by atoms with Crippen molar-refractivity contribution in [3.8, 4) is 47.4 Å². The number of rotatable bonds is 4. The Bertz CT molecular complexity index is 1220. The second-order valence-electron chi connectivity index (χ2n) is 7.39. The lowest BCUT2D eigenvalue weighted by atomic mass is 9.98. The lowest BCUT2D eigenvalue weighted by Gasteiger charge is -2.03. The molecule has 0 N–H and O–H groups in total. The van der Waals surface area contributed by atoms with Crippen LogP contribution < -0.4 is 0 Å². The molecule has 2 nitrogen and oxygen atoms in total. The SMILES string of the molecule is [CH2]CCCC#Cc1cc(C#Cc2ccccn2)c(C#Cc2ccccn2)cc1C#CCCC[CH2]. The second kappa shape index (κ2) is 14.0. The molecule has 0 aliphatic heterocycles. The number of nitrogens with zero attached hydrogens (tertiary/aromatic N) is 2. The van der Waals surface area contributed by atoms with Crippen LogP contribution in [0.15, 0.2) is 60.9 Å². The van der Waals surface area contributed by atoms with Crippen molar-refractivity contribution in [3.05, 3.63) is 108 Å². The molecule has 2 radical (unpaired) electrons. The third-order valence-electron chi connectivity index (χ3n) is 4.69. The zero-order valence-electron chi connectivity index (χ0n) is 19.3. The normalized spacial score (nSPS) is 9.24. The number of aromatic nitrogens is 2. The number of hydrogen-bond acceptors (Lipinski definition) is 2. The fraction of sp³-hybridized carbons (Fsp3) is 0.188. The Morgan fingerprint density at radius 2 is 1.00 bits per heavy atom. The van der Waals surface area contributed by atoms with Gasteiger partial charge >= 0.3 is 0 Å². The van der Waals surface area contributed by atoms with Crippen LogP contribution in [-0.2, 0) is 0 Å². The first-order valence-corrected chi connectivity index (χ1v) is 11.4. The van der Waals surface area contributed by atoms with Gasteiger partial charge in [-0.05, 0) is 61.1 Å². The second-order valence-corrected chi connectivity index (χ2v) is 7.39. The van der Waals surface area contributed by atoms with Crippen LogP contribution in [0.5, 0.6) is 0 Å². The molecule has 34 heavy (non-hydrogen) atoms. The highest BCUT2D eigenvalue weighted by atomic mass is 14.6. The molecule has 0 amide bonds. The number of unbranched alkanes of at least 4 members (excludes halogenated alkanes) is 4.